The largest absolute Gasteiger partial charge is 0.314 e. The molecule has 1 aliphatic rings. The van der Waals surface area contributed by atoms with Crippen LogP contribution in [0.5, 0.6) is 0 Å². The summed E-state index contributed by atoms with van der Waals surface area (Å²) in [4.78, 5) is 12.4. The molecule has 0 bridgehead atoms. The van der Waals surface area contributed by atoms with Gasteiger partial charge in [-0.3, -0.25) is 19.7 Å². The number of piperazine rings is 1. The fourth-order valence-corrected chi connectivity index (χ4v) is 1.75. The summed E-state index contributed by atoms with van der Waals surface area (Å²) in [6.07, 6.45) is 2.76. The number of rotatable bonds is 4. The first-order valence-corrected chi connectivity index (χ1v) is 5.35. The maximum atomic E-state index is 10.5. The van der Waals surface area contributed by atoms with Gasteiger partial charge in [0.15, 0.2) is 0 Å². The van der Waals surface area contributed by atoms with E-state index in [0.29, 0.717) is 6.54 Å². The summed E-state index contributed by atoms with van der Waals surface area (Å²) in [5.41, 5.74) is 0.0558. The Morgan fingerprint density at radius 1 is 1.44 bits per heavy atom. The molecule has 0 radical (unpaired) electrons. The lowest BCUT2D eigenvalue weighted by Crippen LogP contribution is -2.44. The monoisotopic (exact) mass is 225 g/mol. The highest BCUT2D eigenvalue weighted by Gasteiger charge is 2.11. The Hall–Kier alpha value is -1.47. The number of aromatic nitrogens is 2. The van der Waals surface area contributed by atoms with Crippen molar-refractivity contribution in [1.29, 1.82) is 0 Å². The van der Waals surface area contributed by atoms with Gasteiger partial charge < -0.3 is 5.32 Å². The molecule has 0 spiro atoms. The molecule has 0 saturated carbocycles. The van der Waals surface area contributed by atoms with Crippen LogP contribution in [-0.4, -0.2) is 52.3 Å². The minimum absolute atomic E-state index is 0.0558. The zero-order valence-electron chi connectivity index (χ0n) is 9.00. The summed E-state index contributed by atoms with van der Waals surface area (Å²) < 4.78 is 1.63. The Balaban J connectivity index is 1.81. The second kappa shape index (κ2) is 5.04. The van der Waals surface area contributed by atoms with Crippen molar-refractivity contribution in [3.05, 3.63) is 22.5 Å². The van der Waals surface area contributed by atoms with Gasteiger partial charge in [-0.05, 0) is 0 Å². The third kappa shape index (κ3) is 2.77. The van der Waals surface area contributed by atoms with Crippen LogP contribution in [0.1, 0.15) is 0 Å². The summed E-state index contributed by atoms with van der Waals surface area (Å²) >= 11 is 0. The minimum atomic E-state index is -0.422. The van der Waals surface area contributed by atoms with Crippen LogP contribution in [0.3, 0.4) is 0 Å². The average Bonchev–Trinajstić information content (AvgIpc) is 2.76. The number of nitro groups is 1. The summed E-state index contributed by atoms with van der Waals surface area (Å²) in [5.74, 6) is 0. The van der Waals surface area contributed by atoms with E-state index in [9.17, 15) is 10.1 Å². The molecule has 0 amide bonds. The van der Waals surface area contributed by atoms with Crippen molar-refractivity contribution < 1.29 is 4.92 Å². The highest BCUT2D eigenvalue weighted by Crippen LogP contribution is 2.07. The van der Waals surface area contributed by atoms with Gasteiger partial charge in [0.25, 0.3) is 0 Å². The van der Waals surface area contributed by atoms with Crippen molar-refractivity contribution in [1.82, 2.24) is 20.0 Å². The molecule has 1 saturated heterocycles. The van der Waals surface area contributed by atoms with E-state index >= 15 is 0 Å². The van der Waals surface area contributed by atoms with Crippen LogP contribution in [0.4, 0.5) is 5.69 Å². The lowest BCUT2D eigenvalue weighted by atomic mass is 10.3. The average molecular weight is 225 g/mol. The van der Waals surface area contributed by atoms with Gasteiger partial charge in [0.2, 0.25) is 0 Å². The third-order valence-electron chi connectivity index (χ3n) is 2.69. The normalized spacial score (nSPS) is 17.5. The SMILES string of the molecule is O=[N+]([O-])c1cnn(CCN2CCNCC2)c1. The van der Waals surface area contributed by atoms with Gasteiger partial charge >= 0.3 is 5.69 Å². The lowest BCUT2D eigenvalue weighted by molar-refractivity contribution is -0.385. The Kier molecular flexibility index (Phi) is 3.47. The van der Waals surface area contributed by atoms with Gasteiger partial charge in [0.1, 0.15) is 12.4 Å². The lowest BCUT2D eigenvalue weighted by Gasteiger charge is -2.26. The Morgan fingerprint density at radius 3 is 2.81 bits per heavy atom. The molecule has 88 valence electrons. The Labute approximate surface area is 93.2 Å². The van der Waals surface area contributed by atoms with Crippen molar-refractivity contribution in [2.45, 2.75) is 6.54 Å². The zero-order valence-corrected chi connectivity index (χ0v) is 9.00. The van der Waals surface area contributed by atoms with E-state index in [0.717, 1.165) is 32.7 Å². The number of hydrogen-bond donors (Lipinski definition) is 1. The van der Waals surface area contributed by atoms with E-state index in [1.807, 2.05) is 0 Å². The van der Waals surface area contributed by atoms with E-state index in [1.54, 1.807) is 4.68 Å². The van der Waals surface area contributed by atoms with Gasteiger partial charge in [0.05, 0.1) is 11.5 Å². The fourth-order valence-electron chi connectivity index (χ4n) is 1.75. The van der Waals surface area contributed by atoms with Crippen LogP contribution >= 0.6 is 0 Å². The van der Waals surface area contributed by atoms with Gasteiger partial charge in [-0.2, -0.15) is 5.10 Å². The standard InChI is InChI=1S/C9H15N5O2/c15-14(16)9-7-11-13(8-9)6-5-12-3-1-10-2-4-12/h7-8,10H,1-6H2. The van der Waals surface area contributed by atoms with E-state index in [2.05, 4.69) is 15.3 Å². The van der Waals surface area contributed by atoms with Crippen molar-refractivity contribution >= 4 is 5.69 Å². The van der Waals surface area contributed by atoms with Gasteiger partial charge in [-0.1, -0.05) is 0 Å². The predicted molar refractivity (Wildman–Crippen MR) is 58.2 cm³/mol. The topological polar surface area (TPSA) is 76.2 Å². The van der Waals surface area contributed by atoms with Gasteiger partial charge in [-0.15, -0.1) is 0 Å². The first kappa shape index (κ1) is 11.0. The highest BCUT2D eigenvalue weighted by atomic mass is 16.6. The van der Waals surface area contributed by atoms with E-state index in [1.165, 1.54) is 12.4 Å². The Bertz CT molecular complexity index is 359. The summed E-state index contributed by atoms with van der Waals surface area (Å²) in [6.45, 7) is 5.68. The molecule has 0 unspecified atom stereocenters. The molecule has 1 aromatic rings. The van der Waals surface area contributed by atoms with Crippen LogP contribution in [0.2, 0.25) is 0 Å². The highest BCUT2D eigenvalue weighted by molar-refractivity contribution is 5.20. The summed E-state index contributed by atoms with van der Waals surface area (Å²) in [7, 11) is 0. The third-order valence-corrected chi connectivity index (χ3v) is 2.69. The van der Waals surface area contributed by atoms with Crippen molar-refractivity contribution in [2.75, 3.05) is 32.7 Å². The molecular weight excluding hydrogens is 210 g/mol. The van der Waals surface area contributed by atoms with Crippen molar-refractivity contribution in [3.63, 3.8) is 0 Å². The van der Waals surface area contributed by atoms with Gasteiger partial charge in [0, 0.05) is 32.7 Å². The van der Waals surface area contributed by atoms with Crippen LogP contribution < -0.4 is 5.32 Å². The Morgan fingerprint density at radius 2 is 2.19 bits per heavy atom. The van der Waals surface area contributed by atoms with Gasteiger partial charge in [-0.25, -0.2) is 0 Å². The van der Waals surface area contributed by atoms with E-state index in [-0.39, 0.29) is 5.69 Å². The van der Waals surface area contributed by atoms with Crippen molar-refractivity contribution in [2.24, 2.45) is 0 Å². The molecule has 16 heavy (non-hydrogen) atoms. The van der Waals surface area contributed by atoms with Crippen LogP contribution in [0, 0.1) is 10.1 Å². The van der Waals surface area contributed by atoms with E-state index < -0.39 is 4.92 Å². The smallest absolute Gasteiger partial charge is 0.306 e. The maximum Gasteiger partial charge on any atom is 0.306 e. The minimum Gasteiger partial charge on any atom is -0.314 e. The molecule has 0 aliphatic carbocycles. The van der Waals surface area contributed by atoms with Crippen LogP contribution in [0.15, 0.2) is 12.4 Å². The molecule has 7 nitrogen and oxygen atoms in total. The molecule has 1 fully saturated rings. The summed E-state index contributed by atoms with van der Waals surface area (Å²) in [6, 6.07) is 0. The number of nitrogens with zero attached hydrogens (tertiary/aromatic N) is 4. The molecular formula is C9H15N5O2. The second-order valence-electron chi connectivity index (χ2n) is 3.81. The first-order chi connectivity index (χ1) is 7.75. The van der Waals surface area contributed by atoms with E-state index in [4.69, 9.17) is 0 Å². The van der Waals surface area contributed by atoms with Crippen LogP contribution in [0.25, 0.3) is 0 Å². The van der Waals surface area contributed by atoms with Crippen molar-refractivity contribution in [3.8, 4) is 0 Å². The first-order valence-electron chi connectivity index (χ1n) is 5.35. The molecule has 0 aromatic carbocycles. The predicted octanol–water partition coefficient (Wildman–Crippen LogP) is -0.303. The molecule has 0 atom stereocenters. The number of hydrogen-bond acceptors (Lipinski definition) is 5. The fraction of sp³-hybridized carbons (Fsp3) is 0.667. The number of nitrogens with one attached hydrogen (secondary N) is 1. The molecule has 1 aliphatic heterocycles. The maximum absolute atomic E-state index is 10.5. The molecule has 1 N–H and O–H groups in total. The zero-order chi connectivity index (χ0) is 11.4. The molecule has 7 heteroatoms. The molecule has 1 aromatic heterocycles. The summed E-state index contributed by atoms with van der Waals surface area (Å²) in [5, 5.41) is 17.7. The van der Waals surface area contributed by atoms with Crippen LogP contribution in [-0.2, 0) is 6.54 Å². The molecule has 2 rings (SSSR count). The quantitative estimate of drug-likeness (QED) is 0.562. The molecule has 2 heterocycles. The second-order valence-corrected chi connectivity index (χ2v) is 3.81.